The lowest BCUT2D eigenvalue weighted by molar-refractivity contribution is -0.125. The molecule has 1 aliphatic heterocycles. The van der Waals surface area contributed by atoms with Gasteiger partial charge in [0, 0.05) is 44.4 Å². The minimum Gasteiger partial charge on any atom is -0.497 e. The number of aromatic nitrogens is 2. The van der Waals surface area contributed by atoms with E-state index in [1.807, 2.05) is 13.2 Å². The zero-order valence-corrected chi connectivity index (χ0v) is 16.3. The van der Waals surface area contributed by atoms with Crippen molar-refractivity contribution in [1.82, 2.24) is 20.4 Å². The Kier molecular flexibility index (Phi) is 7.59. The molecule has 1 aromatic heterocycles. The molecule has 1 saturated heterocycles. The largest absolute Gasteiger partial charge is 0.497 e. The summed E-state index contributed by atoms with van der Waals surface area (Å²) >= 11 is 0. The predicted molar refractivity (Wildman–Crippen MR) is 101 cm³/mol. The standard InChI is InChI=1S/C18H22F2N4O3.ClH/c1-24-10-12(7-23-24)14-8-21-9-15(14)17(25)22-6-11-5-13(26-2)3-4-16(11)27-18(19)20;/h3-5,7,10,14-15,18,21H,6,8-9H2,1-2H3,(H,22,25);1H/t14-,15+;/m1./s1. The molecule has 3 rings (SSSR count). The molecule has 1 amide bonds. The molecular formula is C18H23ClF2N4O3. The number of benzene rings is 1. The van der Waals surface area contributed by atoms with Gasteiger partial charge in [-0.25, -0.2) is 0 Å². The molecule has 0 spiro atoms. The van der Waals surface area contributed by atoms with Crippen molar-refractivity contribution in [2.24, 2.45) is 13.0 Å². The highest BCUT2D eigenvalue weighted by atomic mass is 35.5. The molecular weight excluding hydrogens is 394 g/mol. The number of nitrogens with zero attached hydrogens (tertiary/aromatic N) is 2. The molecule has 2 heterocycles. The van der Waals surface area contributed by atoms with Crippen molar-refractivity contribution in [2.75, 3.05) is 20.2 Å². The van der Waals surface area contributed by atoms with Gasteiger partial charge in [-0.3, -0.25) is 9.48 Å². The second-order valence-corrected chi connectivity index (χ2v) is 6.39. The maximum Gasteiger partial charge on any atom is 0.387 e. The lowest BCUT2D eigenvalue weighted by Gasteiger charge is -2.18. The summed E-state index contributed by atoms with van der Waals surface area (Å²) in [6, 6.07) is 4.51. The van der Waals surface area contributed by atoms with E-state index in [1.54, 1.807) is 16.9 Å². The van der Waals surface area contributed by atoms with Crippen LogP contribution >= 0.6 is 12.4 Å². The topological polar surface area (TPSA) is 77.4 Å². The Labute approximate surface area is 167 Å². The number of hydrogen-bond donors (Lipinski definition) is 2. The van der Waals surface area contributed by atoms with E-state index >= 15 is 0 Å². The summed E-state index contributed by atoms with van der Waals surface area (Å²) in [6.45, 7) is -1.65. The molecule has 2 N–H and O–H groups in total. The highest BCUT2D eigenvalue weighted by molar-refractivity contribution is 5.85. The summed E-state index contributed by atoms with van der Waals surface area (Å²) in [7, 11) is 3.31. The number of carbonyl (C=O) groups excluding carboxylic acids is 1. The Balaban J connectivity index is 0.00000280. The SMILES string of the molecule is COc1ccc(OC(F)F)c(CNC(=O)[C@H]2CNC[C@@H]2c2cnn(C)c2)c1.Cl. The minimum atomic E-state index is -2.94. The van der Waals surface area contributed by atoms with Gasteiger partial charge in [-0.1, -0.05) is 0 Å². The van der Waals surface area contributed by atoms with Crippen LogP contribution < -0.4 is 20.1 Å². The van der Waals surface area contributed by atoms with E-state index in [0.717, 1.165) is 5.56 Å². The van der Waals surface area contributed by atoms with Gasteiger partial charge in [-0.05, 0) is 23.8 Å². The van der Waals surface area contributed by atoms with Crippen molar-refractivity contribution in [1.29, 1.82) is 0 Å². The number of methoxy groups -OCH3 is 1. The highest BCUT2D eigenvalue weighted by Crippen LogP contribution is 2.29. The number of ether oxygens (including phenoxy) is 2. The number of rotatable bonds is 7. The molecule has 154 valence electrons. The average Bonchev–Trinajstić information content (AvgIpc) is 3.28. The van der Waals surface area contributed by atoms with Gasteiger partial charge < -0.3 is 20.1 Å². The van der Waals surface area contributed by atoms with Gasteiger partial charge in [0.15, 0.2) is 0 Å². The van der Waals surface area contributed by atoms with Crippen molar-refractivity contribution < 1.29 is 23.0 Å². The zero-order chi connectivity index (χ0) is 19.4. The molecule has 0 unspecified atom stereocenters. The normalized spacial score (nSPS) is 18.6. The molecule has 28 heavy (non-hydrogen) atoms. The third-order valence-corrected chi connectivity index (χ3v) is 4.64. The smallest absolute Gasteiger partial charge is 0.387 e. The van der Waals surface area contributed by atoms with Crippen LogP contribution in [0.2, 0.25) is 0 Å². The van der Waals surface area contributed by atoms with Crippen molar-refractivity contribution in [3.05, 3.63) is 41.7 Å². The summed E-state index contributed by atoms with van der Waals surface area (Å²) in [5.41, 5.74) is 1.41. The summed E-state index contributed by atoms with van der Waals surface area (Å²) in [5.74, 6) is 0.107. The Hall–Kier alpha value is -2.39. The van der Waals surface area contributed by atoms with Crippen LogP contribution in [0.15, 0.2) is 30.6 Å². The number of hydrogen-bond acceptors (Lipinski definition) is 5. The van der Waals surface area contributed by atoms with E-state index in [-0.39, 0.29) is 42.4 Å². The van der Waals surface area contributed by atoms with Crippen molar-refractivity contribution >= 4 is 18.3 Å². The van der Waals surface area contributed by atoms with Gasteiger partial charge in [-0.15, -0.1) is 12.4 Å². The zero-order valence-electron chi connectivity index (χ0n) is 15.5. The third-order valence-electron chi connectivity index (χ3n) is 4.64. The van der Waals surface area contributed by atoms with Gasteiger partial charge in [0.2, 0.25) is 5.91 Å². The van der Waals surface area contributed by atoms with Crippen molar-refractivity contribution in [3.8, 4) is 11.5 Å². The molecule has 1 fully saturated rings. The molecule has 2 aromatic rings. The van der Waals surface area contributed by atoms with E-state index in [0.29, 0.717) is 24.4 Å². The fourth-order valence-electron chi connectivity index (χ4n) is 3.28. The number of aryl methyl sites for hydroxylation is 1. The van der Waals surface area contributed by atoms with E-state index in [1.165, 1.54) is 19.2 Å². The highest BCUT2D eigenvalue weighted by Gasteiger charge is 2.34. The lowest BCUT2D eigenvalue weighted by atomic mass is 9.90. The van der Waals surface area contributed by atoms with Gasteiger partial charge >= 0.3 is 6.61 Å². The first-order valence-electron chi connectivity index (χ1n) is 8.56. The van der Waals surface area contributed by atoms with Crippen molar-refractivity contribution in [2.45, 2.75) is 19.1 Å². The van der Waals surface area contributed by atoms with Crippen LogP contribution in [-0.4, -0.2) is 42.5 Å². The van der Waals surface area contributed by atoms with Crippen LogP contribution in [0.25, 0.3) is 0 Å². The van der Waals surface area contributed by atoms with Crippen molar-refractivity contribution in [3.63, 3.8) is 0 Å². The Morgan fingerprint density at radius 2 is 2.21 bits per heavy atom. The number of amides is 1. The first-order valence-corrected chi connectivity index (χ1v) is 8.56. The lowest BCUT2D eigenvalue weighted by Crippen LogP contribution is -2.34. The van der Waals surface area contributed by atoms with E-state index in [2.05, 4.69) is 20.5 Å². The van der Waals surface area contributed by atoms with Crippen LogP contribution in [0.1, 0.15) is 17.0 Å². The Morgan fingerprint density at radius 1 is 1.43 bits per heavy atom. The molecule has 2 atom stereocenters. The van der Waals surface area contributed by atoms with E-state index in [9.17, 15) is 13.6 Å². The average molecular weight is 417 g/mol. The Morgan fingerprint density at radius 3 is 2.86 bits per heavy atom. The predicted octanol–water partition coefficient (Wildman–Crippen LogP) is 2.07. The van der Waals surface area contributed by atoms with Crippen LogP contribution in [-0.2, 0) is 18.4 Å². The molecule has 7 nitrogen and oxygen atoms in total. The van der Waals surface area contributed by atoms with Gasteiger partial charge in [0.25, 0.3) is 0 Å². The minimum absolute atomic E-state index is 0. The quantitative estimate of drug-likeness (QED) is 0.722. The molecule has 10 heteroatoms. The molecule has 0 radical (unpaired) electrons. The van der Waals surface area contributed by atoms with Gasteiger partial charge in [0.05, 0.1) is 19.2 Å². The fraction of sp³-hybridized carbons (Fsp3) is 0.444. The number of nitrogens with one attached hydrogen (secondary N) is 2. The Bertz CT molecular complexity index is 803. The monoisotopic (exact) mass is 416 g/mol. The summed E-state index contributed by atoms with van der Waals surface area (Å²) in [6.07, 6.45) is 3.66. The summed E-state index contributed by atoms with van der Waals surface area (Å²) in [4.78, 5) is 12.7. The van der Waals surface area contributed by atoms with E-state index < -0.39 is 6.61 Å². The van der Waals surface area contributed by atoms with Crippen LogP contribution in [0.3, 0.4) is 0 Å². The molecule has 0 aliphatic carbocycles. The summed E-state index contributed by atoms with van der Waals surface area (Å²) in [5, 5.41) is 10.2. The van der Waals surface area contributed by atoms with E-state index in [4.69, 9.17) is 4.74 Å². The number of alkyl halides is 2. The maximum absolute atomic E-state index is 12.7. The van der Waals surface area contributed by atoms with Gasteiger partial charge in [-0.2, -0.15) is 13.9 Å². The second kappa shape index (κ2) is 9.70. The number of carbonyl (C=O) groups is 1. The fourth-order valence-corrected chi connectivity index (χ4v) is 3.28. The first kappa shape index (κ1) is 21.9. The van der Waals surface area contributed by atoms with Crippen LogP contribution in [0.4, 0.5) is 8.78 Å². The molecule has 0 bridgehead atoms. The first-order chi connectivity index (χ1) is 13.0. The number of halogens is 3. The third kappa shape index (κ3) is 5.11. The molecule has 0 saturated carbocycles. The summed E-state index contributed by atoms with van der Waals surface area (Å²) < 4.78 is 36.6. The second-order valence-electron chi connectivity index (χ2n) is 6.39. The van der Waals surface area contributed by atoms with Crippen LogP contribution in [0.5, 0.6) is 11.5 Å². The molecule has 1 aliphatic rings. The van der Waals surface area contributed by atoms with Crippen LogP contribution in [0, 0.1) is 5.92 Å². The molecule has 1 aromatic carbocycles. The maximum atomic E-state index is 12.7. The van der Waals surface area contributed by atoms with Gasteiger partial charge in [0.1, 0.15) is 11.5 Å².